The van der Waals surface area contributed by atoms with Crippen molar-refractivity contribution in [3.63, 3.8) is 0 Å². The van der Waals surface area contributed by atoms with Gasteiger partial charge in [0.05, 0.1) is 4.90 Å². The van der Waals surface area contributed by atoms with Crippen LogP contribution in [0.2, 0.25) is 0 Å². The molecule has 162 valence electrons. The van der Waals surface area contributed by atoms with Crippen LogP contribution < -0.4 is 14.8 Å². The number of carbonyl (C=O) groups is 1. The Bertz CT molecular complexity index is 1140. The number of rotatable bonds is 8. The van der Waals surface area contributed by atoms with Gasteiger partial charge in [0.2, 0.25) is 10.0 Å². The fourth-order valence-corrected chi connectivity index (χ4v) is 4.03. The lowest BCUT2D eigenvalue weighted by Gasteiger charge is -2.11. The summed E-state index contributed by atoms with van der Waals surface area (Å²) in [4.78, 5) is 12.6. The van der Waals surface area contributed by atoms with E-state index in [4.69, 9.17) is 4.74 Å². The molecule has 0 saturated carbocycles. The Hall–Kier alpha value is -3.23. The van der Waals surface area contributed by atoms with Crippen LogP contribution in [0.25, 0.3) is 0 Å². The maximum atomic E-state index is 13.0. The molecule has 0 bridgehead atoms. The van der Waals surface area contributed by atoms with Crippen LogP contribution in [-0.2, 0) is 16.6 Å². The predicted octanol–water partition coefficient (Wildman–Crippen LogP) is 4.34. The lowest BCUT2D eigenvalue weighted by Crippen LogP contribution is -2.30. The Morgan fingerprint density at radius 2 is 1.68 bits per heavy atom. The smallest absolute Gasteiger partial charge is 0.255 e. The van der Waals surface area contributed by atoms with Gasteiger partial charge in [0.15, 0.2) is 0 Å². The highest BCUT2D eigenvalue weighted by Gasteiger charge is 2.16. The van der Waals surface area contributed by atoms with E-state index in [-0.39, 0.29) is 29.3 Å². The molecule has 0 aliphatic carbocycles. The summed E-state index contributed by atoms with van der Waals surface area (Å²) in [5, 5.41) is 2.76. The van der Waals surface area contributed by atoms with Crippen molar-refractivity contribution in [1.82, 2.24) is 4.72 Å². The lowest BCUT2D eigenvalue weighted by atomic mass is 10.2. The third kappa shape index (κ3) is 6.37. The van der Waals surface area contributed by atoms with E-state index < -0.39 is 10.0 Å². The highest BCUT2D eigenvalue weighted by Crippen LogP contribution is 2.20. The number of hydrogen-bond acceptors (Lipinski definition) is 4. The third-order valence-corrected chi connectivity index (χ3v) is 5.90. The first-order valence-corrected chi connectivity index (χ1v) is 11.1. The highest BCUT2D eigenvalue weighted by molar-refractivity contribution is 7.89. The molecule has 31 heavy (non-hydrogen) atoms. The summed E-state index contributed by atoms with van der Waals surface area (Å²) < 4.78 is 45.6. The van der Waals surface area contributed by atoms with Crippen molar-refractivity contribution >= 4 is 21.6 Å². The summed E-state index contributed by atoms with van der Waals surface area (Å²) in [7, 11) is -3.62. The Labute approximate surface area is 181 Å². The van der Waals surface area contributed by atoms with Crippen molar-refractivity contribution in [3.8, 4) is 5.75 Å². The van der Waals surface area contributed by atoms with Gasteiger partial charge in [-0.25, -0.2) is 17.5 Å². The number of carbonyl (C=O) groups excluding carboxylic acids is 1. The number of anilines is 1. The lowest BCUT2D eigenvalue weighted by molar-refractivity contribution is 0.102. The number of halogens is 1. The molecule has 6 nitrogen and oxygen atoms in total. The zero-order chi connectivity index (χ0) is 22.4. The zero-order valence-electron chi connectivity index (χ0n) is 17.1. The fraction of sp³-hybridized carbons (Fsp3) is 0.174. The van der Waals surface area contributed by atoms with Crippen LogP contribution in [-0.4, -0.2) is 20.4 Å². The van der Waals surface area contributed by atoms with Gasteiger partial charge in [0.1, 0.15) is 18.2 Å². The molecule has 0 atom stereocenters. The van der Waals surface area contributed by atoms with Crippen molar-refractivity contribution in [2.75, 3.05) is 5.32 Å². The standard InChI is InChI=1S/C23H23FN2O4S/c1-16(2)26-31(28,29)22-12-8-18(9-13-22)23(27)25-20-4-3-5-21(14-20)30-15-17-6-10-19(24)11-7-17/h3-14,16,26H,15H2,1-2H3,(H,25,27). The van der Waals surface area contributed by atoms with Gasteiger partial charge >= 0.3 is 0 Å². The zero-order valence-corrected chi connectivity index (χ0v) is 17.9. The monoisotopic (exact) mass is 442 g/mol. The molecule has 0 heterocycles. The number of nitrogens with one attached hydrogen (secondary N) is 2. The second kappa shape index (κ2) is 9.72. The number of amides is 1. The first-order chi connectivity index (χ1) is 14.7. The number of sulfonamides is 1. The van der Waals surface area contributed by atoms with E-state index in [0.29, 0.717) is 17.0 Å². The summed E-state index contributed by atoms with van der Waals surface area (Å²) in [6, 6.07) is 18.4. The van der Waals surface area contributed by atoms with Gasteiger partial charge in [-0.05, 0) is 67.9 Å². The van der Waals surface area contributed by atoms with Gasteiger partial charge in [-0.15, -0.1) is 0 Å². The number of hydrogen-bond donors (Lipinski definition) is 2. The van der Waals surface area contributed by atoms with Crippen LogP contribution in [0.15, 0.2) is 77.7 Å². The maximum Gasteiger partial charge on any atom is 0.255 e. The molecule has 0 saturated heterocycles. The van der Waals surface area contributed by atoms with Gasteiger partial charge < -0.3 is 10.1 Å². The molecule has 1 amide bonds. The van der Waals surface area contributed by atoms with Crippen molar-refractivity contribution in [1.29, 1.82) is 0 Å². The second-order valence-corrected chi connectivity index (χ2v) is 8.91. The van der Waals surface area contributed by atoms with E-state index >= 15 is 0 Å². The molecular formula is C23H23FN2O4S. The molecule has 0 aliphatic rings. The molecule has 0 spiro atoms. The average molecular weight is 443 g/mol. The first kappa shape index (κ1) is 22.5. The molecule has 3 aromatic rings. The van der Waals surface area contributed by atoms with Crippen LogP contribution in [0.1, 0.15) is 29.8 Å². The topological polar surface area (TPSA) is 84.5 Å². The summed E-state index contributed by atoms with van der Waals surface area (Å²) in [6.45, 7) is 3.73. The molecule has 0 unspecified atom stereocenters. The van der Waals surface area contributed by atoms with E-state index in [1.165, 1.54) is 36.4 Å². The SMILES string of the molecule is CC(C)NS(=O)(=O)c1ccc(C(=O)Nc2cccc(OCc3ccc(F)cc3)c2)cc1. The van der Waals surface area contributed by atoms with Crippen LogP contribution in [0.3, 0.4) is 0 Å². The van der Waals surface area contributed by atoms with E-state index in [1.54, 1.807) is 50.2 Å². The Balaban J connectivity index is 1.63. The molecular weight excluding hydrogens is 419 g/mol. The maximum absolute atomic E-state index is 13.0. The van der Waals surface area contributed by atoms with E-state index in [1.807, 2.05) is 0 Å². The van der Waals surface area contributed by atoms with Crippen molar-refractivity contribution in [2.45, 2.75) is 31.4 Å². The normalized spacial score (nSPS) is 11.4. The summed E-state index contributed by atoms with van der Waals surface area (Å²) in [5.74, 6) is -0.143. The Morgan fingerprint density at radius 3 is 2.32 bits per heavy atom. The van der Waals surface area contributed by atoms with E-state index in [9.17, 15) is 17.6 Å². The third-order valence-electron chi connectivity index (χ3n) is 4.23. The highest BCUT2D eigenvalue weighted by atomic mass is 32.2. The largest absolute Gasteiger partial charge is 0.489 e. The van der Waals surface area contributed by atoms with E-state index in [0.717, 1.165) is 5.56 Å². The quantitative estimate of drug-likeness (QED) is 0.543. The van der Waals surface area contributed by atoms with Crippen LogP contribution in [0.4, 0.5) is 10.1 Å². The minimum absolute atomic E-state index is 0.0916. The predicted molar refractivity (Wildman–Crippen MR) is 117 cm³/mol. The molecule has 0 fully saturated rings. The van der Waals surface area contributed by atoms with Gasteiger partial charge in [0.25, 0.3) is 5.91 Å². The molecule has 0 aromatic heterocycles. The summed E-state index contributed by atoms with van der Waals surface area (Å²) in [6.07, 6.45) is 0. The Kier molecular flexibility index (Phi) is 7.04. The van der Waals surface area contributed by atoms with Crippen molar-refractivity contribution in [2.24, 2.45) is 0 Å². The summed E-state index contributed by atoms with van der Waals surface area (Å²) >= 11 is 0. The molecule has 2 N–H and O–H groups in total. The molecule has 3 aromatic carbocycles. The molecule has 3 rings (SSSR count). The fourth-order valence-electron chi connectivity index (χ4n) is 2.78. The molecule has 0 radical (unpaired) electrons. The van der Waals surface area contributed by atoms with Crippen LogP contribution in [0.5, 0.6) is 5.75 Å². The molecule has 8 heteroatoms. The van der Waals surface area contributed by atoms with Crippen LogP contribution >= 0.6 is 0 Å². The minimum Gasteiger partial charge on any atom is -0.489 e. The van der Waals surface area contributed by atoms with Gasteiger partial charge in [-0.2, -0.15) is 0 Å². The number of ether oxygens (including phenoxy) is 1. The first-order valence-electron chi connectivity index (χ1n) is 9.64. The van der Waals surface area contributed by atoms with Gasteiger partial charge in [-0.3, -0.25) is 4.79 Å². The van der Waals surface area contributed by atoms with Crippen molar-refractivity contribution in [3.05, 3.63) is 89.7 Å². The second-order valence-electron chi connectivity index (χ2n) is 7.20. The van der Waals surface area contributed by atoms with Crippen LogP contribution in [0, 0.1) is 5.82 Å². The average Bonchev–Trinajstić information content (AvgIpc) is 2.73. The minimum atomic E-state index is -3.62. The van der Waals surface area contributed by atoms with E-state index in [2.05, 4.69) is 10.0 Å². The Morgan fingerprint density at radius 1 is 1.00 bits per heavy atom. The summed E-state index contributed by atoms with van der Waals surface area (Å²) in [5.41, 5.74) is 1.67. The molecule has 0 aliphatic heterocycles. The van der Waals surface area contributed by atoms with Crippen molar-refractivity contribution < 1.29 is 22.3 Å². The number of benzene rings is 3. The van der Waals surface area contributed by atoms with Gasteiger partial charge in [-0.1, -0.05) is 18.2 Å². The van der Waals surface area contributed by atoms with Gasteiger partial charge in [0, 0.05) is 23.4 Å².